The van der Waals surface area contributed by atoms with Crippen LogP contribution in [0.15, 0.2) is 42.6 Å². The Morgan fingerprint density at radius 1 is 1.29 bits per heavy atom. The summed E-state index contributed by atoms with van der Waals surface area (Å²) in [6, 6.07) is 10.3. The first kappa shape index (κ1) is 15.0. The highest BCUT2D eigenvalue weighted by atomic mass is 16.3. The Kier molecular flexibility index (Phi) is 4.55. The van der Waals surface area contributed by atoms with E-state index in [1.807, 2.05) is 30.3 Å². The number of aromatic nitrogens is 1. The van der Waals surface area contributed by atoms with Crippen LogP contribution in [0.3, 0.4) is 0 Å². The van der Waals surface area contributed by atoms with E-state index in [0.29, 0.717) is 11.3 Å². The molecule has 0 saturated heterocycles. The van der Waals surface area contributed by atoms with Crippen molar-refractivity contribution in [2.45, 2.75) is 13.0 Å². The standard InChI is InChI=1S/C16H18N2O3/c1-11(20)13-8-15(18(2)9-13)16(21)17-14(10-19)12-6-4-3-5-7-12/h3-9,14,19H,10H2,1-2H3,(H,17,21)/t14-/m1/s1. The lowest BCUT2D eigenvalue weighted by Gasteiger charge is -2.16. The molecule has 2 aromatic rings. The van der Waals surface area contributed by atoms with Gasteiger partial charge in [-0.2, -0.15) is 0 Å². The van der Waals surface area contributed by atoms with Crippen LogP contribution in [0.25, 0.3) is 0 Å². The zero-order valence-corrected chi connectivity index (χ0v) is 12.0. The Morgan fingerprint density at radius 2 is 1.95 bits per heavy atom. The molecule has 5 nitrogen and oxygen atoms in total. The summed E-state index contributed by atoms with van der Waals surface area (Å²) >= 11 is 0. The molecule has 2 rings (SSSR count). The van der Waals surface area contributed by atoms with Crippen molar-refractivity contribution in [2.24, 2.45) is 7.05 Å². The topological polar surface area (TPSA) is 71.3 Å². The van der Waals surface area contributed by atoms with Gasteiger partial charge in [0, 0.05) is 18.8 Å². The van der Waals surface area contributed by atoms with E-state index in [-0.39, 0.29) is 18.3 Å². The van der Waals surface area contributed by atoms with Crippen molar-refractivity contribution in [1.29, 1.82) is 0 Å². The van der Waals surface area contributed by atoms with Crippen molar-refractivity contribution >= 4 is 11.7 Å². The lowest BCUT2D eigenvalue weighted by atomic mass is 10.1. The van der Waals surface area contributed by atoms with E-state index >= 15 is 0 Å². The third kappa shape index (κ3) is 3.38. The second-order valence-electron chi connectivity index (χ2n) is 4.90. The molecule has 0 fully saturated rings. The molecular formula is C16H18N2O3. The van der Waals surface area contributed by atoms with Crippen LogP contribution in [0.1, 0.15) is 39.4 Å². The number of Topliss-reactive ketones (excluding diaryl/α,β-unsaturated/α-hetero) is 1. The summed E-state index contributed by atoms with van der Waals surface area (Å²) in [6.07, 6.45) is 1.62. The van der Waals surface area contributed by atoms with Crippen molar-refractivity contribution in [2.75, 3.05) is 6.61 Å². The summed E-state index contributed by atoms with van der Waals surface area (Å²) < 4.78 is 1.60. The highest BCUT2D eigenvalue weighted by Crippen LogP contribution is 2.14. The number of nitrogens with one attached hydrogen (secondary N) is 1. The van der Waals surface area contributed by atoms with Crippen LogP contribution in [0, 0.1) is 0 Å². The second kappa shape index (κ2) is 6.37. The molecule has 5 heteroatoms. The smallest absolute Gasteiger partial charge is 0.268 e. The lowest BCUT2D eigenvalue weighted by Crippen LogP contribution is -2.31. The van der Waals surface area contributed by atoms with E-state index in [2.05, 4.69) is 5.32 Å². The molecule has 0 unspecified atom stereocenters. The molecule has 110 valence electrons. The predicted octanol–water partition coefficient (Wildman–Crippen LogP) is 1.69. The van der Waals surface area contributed by atoms with Crippen LogP contribution in [-0.4, -0.2) is 28.0 Å². The maximum absolute atomic E-state index is 12.3. The highest BCUT2D eigenvalue weighted by molar-refractivity contribution is 5.99. The third-order valence-electron chi connectivity index (χ3n) is 3.33. The van der Waals surface area contributed by atoms with Crippen molar-refractivity contribution < 1.29 is 14.7 Å². The number of hydrogen-bond acceptors (Lipinski definition) is 3. The highest BCUT2D eigenvalue weighted by Gasteiger charge is 2.18. The van der Waals surface area contributed by atoms with Crippen LogP contribution < -0.4 is 5.32 Å². The zero-order valence-electron chi connectivity index (χ0n) is 12.0. The van der Waals surface area contributed by atoms with Crippen molar-refractivity contribution in [3.63, 3.8) is 0 Å². The first-order valence-corrected chi connectivity index (χ1v) is 6.67. The van der Waals surface area contributed by atoms with Crippen LogP contribution in [0.4, 0.5) is 0 Å². The minimum Gasteiger partial charge on any atom is -0.394 e. The van der Waals surface area contributed by atoms with E-state index in [0.717, 1.165) is 5.56 Å². The Bertz CT molecular complexity index is 647. The number of aliphatic hydroxyl groups excluding tert-OH is 1. The van der Waals surface area contributed by atoms with Gasteiger partial charge in [0.15, 0.2) is 5.78 Å². The summed E-state index contributed by atoms with van der Waals surface area (Å²) in [7, 11) is 1.71. The molecule has 0 spiro atoms. The van der Waals surface area contributed by atoms with Gasteiger partial charge in [0.2, 0.25) is 0 Å². The molecule has 0 radical (unpaired) electrons. The van der Waals surface area contributed by atoms with Gasteiger partial charge in [-0.05, 0) is 18.6 Å². The third-order valence-corrected chi connectivity index (χ3v) is 3.33. The van der Waals surface area contributed by atoms with Crippen molar-refractivity contribution in [3.05, 3.63) is 59.4 Å². The van der Waals surface area contributed by atoms with Gasteiger partial charge < -0.3 is 15.0 Å². The van der Waals surface area contributed by atoms with Crippen molar-refractivity contribution in [1.82, 2.24) is 9.88 Å². The summed E-state index contributed by atoms with van der Waals surface area (Å²) in [5.41, 5.74) is 1.70. The predicted molar refractivity (Wildman–Crippen MR) is 79.2 cm³/mol. The fourth-order valence-electron chi connectivity index (χ4n) is 2.13. The summed E-state index contributed by atoms with van der Waals surface area (Å²) in [5.74, 6) is -0.417. The van der Waals surface area contributed by atoms with Gasteiger partial charge in [0.05, 0.1) is 12.6 Å². The molecule has 0 aliphatic carbocycles. The Hall–Kier alpha value is -2.40. The van der Waals surface area contributed by atoms with Gasteiger partial charge in [0.1, 0.15) is 5.69 Å². The quantitative estimate of drug-likeness (QED) is 0.822. The second-order valence-corrected chi connectivity index (χ2v) is 4.90. The minimum atomic E-state index is -0.477. The fraction of sp³-hybridized carbons (Fsp3) is 0.250. The van der Waals surface area contributed by atoms with E-state index in [9.17, 15) is 14.7 Å². The first-order chi connectivity index (χ1) is 10.0. The van der Waals surface area contributed by atoms with Gasteiger partial charge in [-0.15, -0.1) is 0 Å². The molecule has 1 aromatic heterocycles. The lowest BCUT2D eigenvalue weighted by molar-refractivity contribution is 0.0908. The Balaban J connectivity index is 2.19. The van der Waals surface area contributed by atoms with Crippen LogP contribution in [0.5, 0.6) is 0 Å². The largest absolute Gasteiger partial charge is 0.394 e. The molecule has 1 aromatic carbocycles. The number of amides is 1. The van der Waals surface area contributed by atoms with Crippen LogP contribution >= 0.6 is 0 Å². The van der Waals surface area contributed by atoms with Gasteiger partial charge >= 0.3 is 0 Å². The Morgan fingerprint density at radius 3 is 2.48 bits per heavy atom. The monoisotopic (exact) mass is 286 g/mol. The number of nitrogens with zero attached hydrogens (tertiary/aromatic N) is 1. The summed E-state index contributed by atoms with van der Waals surface area (Å²) in [5, 5.41) is 12.2. The Labute approximate surface area is 123 Å². The number of carbonyl (C=O) groups is 2. The maximum atomic E-state index is 12.3. The van der Waals surface area contributed by atoms with Gasteiger partial charge in [-0.25, -0.2) is 0 Å². The molecule has 1 heterocycles. The zero-order chi connectivity index (χ0) is 15.4. The molecule has 21 heavy (non-hydrogen) atoms. The molecule has 0 bridgehead atoms. The number of aryl methyl sites for hydroxylation is 1. The van der Waals surface area contributed by atoms with Crippen molar-refractivity contribution in [3.8, 4) is 0 Å². The maximum Gasteiger partial charge on any atom is 0.268 e. The number of rotatable bonds is 5. The first-order valence-electron chi connectivity index (χ1n) is 6.67. The number of ketones is 1. The molecule has 0 saturated carbocycles. The van der Waals surface area contributed by atoms with E-state index in [1.165, 1.54) is 6.92 Å². The number of benzene rings is 1. The average molecular weight is 286 g/mol. The number of hydrogen-bond donors (Lipinski definition) is 2. The minimum absolute atomic E-state index is 0.0913. The summed E-state index contributed by atoms with van der Waals surface area (Å²) in [6.45, 7) is 1.26. The fourth-order valence-corrected chi connectivity index (χ4v) is 2.13. The summed E-state index contributed by atoms with van der Waals surface area (Å²) in [4.78, 5) is 23.6. The molecule has 1 atom stereocenters. The van der Waals surface area contributed by atoms with Gasteiger partial charge in [-0.3, -0.25) is 9.59 Å². The van der Waals surface area contributed by atoms with Gasteiger partial charge in [0.25, 0.3) is 5.91 Å². The molecule has 1 amide bonds. The van der Waals surface area contributed by atoms with Crippen LogP contribution in [-0.2, 0) is 7.05 Å². The average Bonchev–Trinajstić information content (AvgIpc) is 2.88. The van der Waals surface area contributed by atoms with E-state index < -0.39 is 6.04 Å². The van der Waals surface area contributed by atoms with Crippen LogP contribution in [0.2, 0.25) is 0 Å². The molecule has 0 aliphatic heterocycles. The number of carbonyl (C=O) groups excluding carboxylic acids is 2. The number of aliphatic hydroxyl groups is 1. The molecular weight excluding hydrogens is 268 g/mol. The molecule has 0 aliphatic rings. The van der Waals surface area contributed by atoms with E-state index in [1.54, 1.807) is 23.9 Å². The normalized spacial score (nSPS) is 12.0. The van der Waals surface area contributed by atoms with Gasteiger partial charge in [-0.1, -0.05) is 30.3 Å². The van der Waals surface area contributed by atoms with E-state index in [4.69, 9.17) is 0 Å². The molecule has 2 N–H and O–H groups in total. The SMILES string of the molecule is CC(=O)c1cc(C(=O)N[C@H](CO)c2ccccc2)n(C)c1.